The van der Waals surface area contributed by atoms with Crippen LogP contribution in [0.3, 0.4) is 0 Å². The summed E-state index contributed by atoms with van der Waals surface area (Å²) in [4.78, 5) is 5.54. The molecule has 1 N–H and O–H groups in total. The Morgan fingerprint density at radius 2 is 1.55 bits per heavy atom. The van der Waals surface area contributed by atoms with Gasteiger partial charge in [0.15, 0.2) is 0 Å². The topological polar surface area (TPSA) is 12.0 Å². The minimum Gasteiger partial charge on any atom is -0.297 e. The normalized spacial score (nSPS) is 12.9. The quantitative estimate of drug-likeness (QED) is 0.643. The molecule has 4 heteroatoms. The third-order valence-electron chi connectivity index (χ3n) is 3.26. The van der Waals surface area contributed by atoms with E-state index in [0.717, 1.165) is 0 Å². The first-order valence-corrected chi connectivity index (χ1v) is 9.21. The Bertz CT molecular complexity index is 603. The van der Waals surface area contributed by atoms with Crippen LogP contribution in [0.5, 0.6) is 0 Å². The van der Waals surface area contributed by atoms with Crippen LogP contribution in [-0.4, -0.2) is 0 Å². The summed E-state index contributed by atoms with van der Waals surface area (Å²) in [6.45, 7) is 4.41. The van der Waals surface area contributed by atoms with Crippen molar-refractivity contribution in [3.63, 3.8) is 0 Å². The zero-order chi connectivity index (χ0) is 13.9. The Labute approximate surface area is 131 Å². The van der Waals surface area contributed by atoms with E-state index in [9.17, 15) is 0 Å². The van der Waals surface area contributed by atoms with Crippen molar-refractivity contribution in [1.29, 1.82) is 0 Å². The Balaban J connectivity index is 1.84. The Morgan fingerprint density at radius 3 is 2.00 bits per heavy atom. The maximum absolute atomic E-state index is 3.78. The molecule has 0 bridgehead atoms. The Kier molecular flexibility index (Phi) is 4.36. The van der Waals surface area contributed by atoms with Gasteiger partial charge in [0, 0.05) is 25.6 Å². The van der Waals surface area contributed by atoms with Gasteiger partial charge in [0.25, 0.3) is 0 Å². The summed E-state index contributed by atoms with van der Waals surface area (Å²) in [5.41, 5.74) is 0. The fraction of sp³-hybridized carbons (Fsp3) is 0.250. The predicted molar refractivity (Wildman–Crippen MR) is 91.1 cm³/mol. The van der Waals surface area contributed by atoms with Crippen molar-refractivity contribution in [1.82, 2.24) is 5.32 Å². The van der Waals surface area contributed by atoms with E-state index in [1.54, 1.807) is 0 Å². The number of rotatable bonds is 5. The van der Waals surface area contributed by atoms with Gasteiger partial charge in [0.2, 0.25) is 0 Å². The second-order valence-corrected chi connectivity index (χ2v) is 8.08. The van der Waals surface area contributed by atoms with Gasteiger partial charge in [-0.05, 0) is 48.9 Å². The van der Waals surface area contributed by atoms with Crippen LogP contribution in [0, 0.1) is 6.92 Å². The smallest absolute Gasteiger partial charge is 0.0769 e. The molecule has 0 radical (unpaired) electrons. The van der Waals surface area contributed by atoms with E-state index in [1.807, 2.05) is 34.0 Å². The van der Waals surface area contributed by atoms with E-state index in [1.165, 1.54) is 19.5 Å². The molecule has 0 aliphatic carbocycles. The first-order valence-electron chi connectivity index (χ1n) is 6.63. The molecule has 104 valence electrons. The molecule has 20 heavy (non-hydrogen) atoms. The highest BCUT2D eigenvalue weighted by atomic mass is 32.1. The van der Waals surface area contributed by atoms with Gasteiger partial charge in [0.05, 0.1) is 6.04 Å². The predicted octanol–water partition coefficient (Wildman–Crippen LogP) is 5.62. The lowest BCUT2D eigenvalue weighted by molar-refractivity contribution is 0.533. The lowest BCUT2D eigenvalue weighted by atomic mass is 10.1. The fourth-order valence-corrected chi connectivity index (χ4v) is 4.80. The van der Waals surface area contributed by atoms with Gasteiger partial charge in [0.1, 0.15) is 0 Å². The summed E-state index contributed by atoms with van der Waals surface area (Å²) < 4.78 is 0. The number of aryl methyl sites for hydroxylation is 1. The highest BCUT2D eigenvalue weighted by Gasteiger charge is 2.19. The molecule has 3 aromatic rings. The minimum atomic E-state index is 0.299. The minimum absolute atomic E-state index is 0.299. The van der Waals surface area contributed by atoms with E-state index in [-0.39, 0.29) is 0 Å². The summed E-state index contributed by atoms with van der Waals surface area (Å²) in [5.74, 6) is 0. The molecule has 0 spiro atoms. The summed E-state index contributed by atoms with van der Waals surface area (Å²) >= 11 is 5.52. The van der Waals surface area contributed by atoms with Gasteiger partial charge in [-0.15, -0.1) is 34.0 Å². The first-order chi connectivity index (χ1) is 9.74. The van der Waals surface area contributed by atoms with Gasteiger partial charge in [-0.2, -0.15) is 0 Å². The second kappa shape index (κ2) is 6.22. The summed E-state index contributed by atoms with van der Waals surface area (Å²) in [6.07, 6.45) is 0. The molecule has 0 aliphatic heterocycles. The number of hydrogen-bond acceptors (Lipinski definition) is 4. The Hall–Kier alpha value is -0.940. The van der Waals surface area contributed by atoms with Crippen molar-refractivity contribution in [3.05, 3.63) is 66.7 Å². The van der Waals surface area contributed by atoms with Crippen molar-refractivity contribution in [3.8, 4) is 0 Å². The van der Waals surface area contributed by atoms with Crippen LogP contribution in [0.1, 0.15) is 38.5 Å². The number of nitrogens with one attached hydrogen (secondary N) is 1. The lowest BCUT2D eigenvalue weighted by Crippen LogP contribution is -2.23. The number of thiophene rings is 3. The summed E-state index contributed by atoms with van der Waals surface area (Å²) in [6, 6.07) is 13.8. The highest BCUT2D eigenvalue weighted by Crippen LogP contribution is 2.32. The van der Waals surface area contributed by atoms with E-state index in [4.69, 9.17) is 0 Å². The van der Waals surface area contributed by atoms with E-state index >= 15 is 0 Å². The van der Waals surface area contributed by atoms with Crippen LogP contribution in [0.15, 0.2) is 47.2 Å². The maximum Gasteiger partial charge on any atom is 0.0769 e. The van der Waals surface area contributed by atoms with Crippen LogP contribution in [-0.2, 0) is 0 Å². The molecule has 0 aliphatic rings. The molecule has 1 atom stereocenters. The SMILES string of the molecule is Cc1ccc(C(C)NC(c2cccs2)c2cccs2)s1. The fourth-order valence-electron chi connectivity index (χ4n) is 2.23. The molecule has 0 aromatic carbocycles. The van der Waals surface area contributed by atoms with Crippen LogP contribution in [0.4, 0.5) is 0 Å². The molecule has 3 heterocycles. The average molecular weight is 320 g/mol. The summed E-state index contributed by atoms with van der Waals surface area (Å²) in [5, 5.41) is 8.08. The zero-order valence-corrected chi connectivity index (χ0v) is 13.9. The standard InChI is InChI=1S/C16H17NS3/c1-11-7-8-13(20-11)12(2)17-16(14-5-3-9-18-14)15-6-4-10-19-15/h3-10,12,16-17H,1-2H3. The van der Waals surface area contributed by atoms with E-state index in [0.29, 0.717) is 12.1 Å². The van der Waals surface area contributed by atoms with E-state index < -0.39 is 0 Å². The first kappa shape index (κ1) is 14.0. The zero-order valence-electron chi connectivity index (χ0n) is 11.5. The van der Waals surface area contributed by atoms with Crippen molar-refractivity contribution in [2.75, 3.05) is 0 Å². The largest absolute Gasteiger partial charge is 0.297 e. The molecule has 0 saturated heterocycles. The van der Waals surface area contributed by atoms with Crippen LogP contribution in [0.2, 0.25) is 0 Å². The van der Waals surface area contributed by atoms with Gasteiger partial charge < -0.3 is 0 Å². The van der Waals surface area contributed by atoms with Gasteiger partial charge in [-0.25, -0.2) is 0 Å². The van der Waals surface area contributed by atoms with Crippen molar-refractivity contribution >= 4 is 34.0 Å². The molecule has 3 rings (SSSR count). The van der Waals surface area contributed by atoms with Crippen molar-refractivity contribution < 1.29 is 0 Å². The van der Waals surface area contributed by atoms with Gasteiger partial charge >= 0.3 is 0 Å². The maximum atomic E-state index is 3.78. The Morgan fingerprint density at radius 1 is 0.900 bits per heavy atom. The summed E-state index contributed by atoms with van der Waals surface area (Å²) in [7, 11) is 0. The molecule has 0 amide bonds. The van der Waals surface area contributed by atoms with Crippen LogP contribution < -0.4 is 5.32 Å². The van der Waals surface area contributed by atoms with E-state index in [2.05, 4.69) is 66.3 Å². The van der Waals surface area contributed by atoms with Crippen LogP contribution in [0.25, 0.3) is 0 Å². The third-order valence-corrected chi connectivity index (χ3v) is 6.32. The third kappa shape index (κ3) is 3.04. The lowest BCUT2D eigenvalue weighted by Gasteiger charge is -2.21. The van der Waals surface area contributed by atoms with Crippen molar-refractivity contribution in [2.45, 2.75) is 25.9 Å². The van der Waals surface area contributed by atoms with Gasteiger partial charge in [-0.3, -0.25) is 5.32 Å². The molecular weight excluding hydrogens is 302 g/mol. The average Bonchev–Trinajstić information content (AvgIpc) is 3.17. The molecule has 0 fully saturated rings. The highest BCUT2D eigenvalue weighted by molar-refractivity contribution is 7.12. The van der Waals surface area contributed by atoms with Crippen LogP contribution >= 0.6 is 34.0 Å². The molecular formula is C16H17NS3. The molecule has 1 unspecified atom stereocenters. The number of hydrogen-bond donors (Lipinski definition) is 1. The van der Waals surface area contributed by atoms with Gasteiger partial charge in [-0.1, -0.05) is 12.1 Å². The van der Waals surface area contributed by atoms with Crippen molar-refractivity contribution in [2.24, 2.45) is 0 Å². The molecule has 0 saturated carbocycles. The monoisotopic (exact) mass is 319 g/mol. The molecule has 1 nitrogen and oxygen atoms in total. The second-order valence-electron chi connectivity index (χ2n) is 4.80. The molecule has 3 aromatic heterocycles.